The van der Waals surface area contributed by atoms with E-state index in [4.69, 9.17) is 14.9 Å². The lowest BCUT2D eigenvalue weighted by atomic mass is 10.0. The number of rotatable bonds is 14. The number of hydrogen-bond acceptors (Lipinski definition) is 8. The van der Waals surface area contributed by atoms with Gasteiger partial charge in [0.1, 0.15) is 22.9 Å². The van der Waals surface area contributed by atoms with Crippen LogP contribution in [0.1, 0.15) is 37.0 Å². The summed E-state index contributed by atoms with van der Waals surface area (Å²) < 4.78 is 41.7. The molecule has 0 saturated heterocycles. The molecule has 9 nitrogen and oxygen atoms in total. The molecule has 0 amide bonds. The summed E-state index contributed by atoms with van der Waals surface area (Å²) in [7, 11) is -3.83. The van der Waals surface area contributed by atoms with Crippen LogP contribution >= 0.6 is 0 Å². The Morgan fingerprint density at radius 2 is 1.91 bits per heavy atom. The average molecular weight is 627 g/mol. The normalized spacial score (nSPS) is 14.8. The Morgan fingerprint density at radius 3 is 2.71 bits per heavy atom. The quantitative estimate of drug-likeness (QED) is 0.111. The number of nitrogens with zero attached hydrogens (tertiary/aromatic N) is 2. The van der Waals surface area contributed by atoms with Gasteiger partial charge in [-0.05, 0) is 78.8 Å². The van der Waals surface area contributed by atoms with Gasteiger partial charge in [-0.1, -0.05) is 62.4 Å². The summed E-state index contributed by atoms with van der Waals surface area (Å²) in [6.45, 7) is 7.10. The van der Waals surface area contributed by atoms with Gasteiger partial charge in [-0.3, -0.25) is 4.99 Å². The highest BCUT2D eigenvalue weighted by molar-refractivity contribution is 7.89. The summed E-state index contributed by atoms with van der Waals surface area (Å²) in [4.78, 5) is 6.95. The maximum absolute atomic E-state index is 13.3. The van der Waals surface area contributed by atoms with Crippen molar-refractivity contribution in [2.45, 2.75) is 37.9 Å². The number of sulfonamides is 1. The maximum Gasteiger partial charge on any atom is 0.245 e. The standard InChI is InChI=1S/C35H38N4O5S/c1-3-39(4-2)21-9-20-38-45(41,42)27-16-18-34(44-35-23-29-25(12-8-19-36)11-7-14-33(29)43-35)31(22-27)37-24-30-28-13-6-5-10-26(28)15-17-32(30)40/h5-8,10-19,22,24,35-36,38,40H,3-4,9,20-21,23H2,1-2H3/b12-8-,36-19?,37-24?/t35-/m0/s1. The molecule has 0 fully saturated rings. The number of benzene rings is 4. The van der Waals surface area contributed by atoms with E-state index in [2.05, 4.69) is 28.5 Å². The van der Waals surface area contributed by atoms with E-state index in [1.54, 1.807) is 18.2 Å². The smallest absolute Gasteiger partial charge is 0.245 e. The molecule has 234 valence electrons. The van der Waals surface area contributed by atoms with Crippen molar-refractivity contribution >= 4 is 45.0 Å². The predicted octanol–water partition coefficient (Wildman–Crippen LogP) is 6.31. The van der Waals surface area contributed by atoms with Crippen molar-refractivity contribution < 1.29 is 23.0 Å². The van der Waals surface area contributed by atoms with Gasteiger partial charge in [0.25, 0.3) is 0 Å². The number of phenolic OH excluding ortho intramolecular Hbond substituents is 1. The van der Waals surface area contributed by atoms with E-state index in [0.29, 0.717) is 36.4 Å². The van der Waals surface area contributed by atoms with Crippen LogP contribution in [0.3, 0.4) is 0 Å². The Kier molecular flexibility index (Phi) is 10.3. The first-order valence-electron chi connectivity index (χ1n) is 15.1. The van der Waals surface area contributed by atoms with Gasteiger partial charge in [-0.15, -0.1) is 0 Å². The molecule has 1 heterocycles. The van der Waals surface area contributed by atoms with Crippen molar-refractivity contribution in [1.82, 2.24) is 9.62 Å². The second-order valence-electron chi connectivity index (χ2n) is 10.6. The highest BCUT2D eigenvalue weighted by Gasteiger charge is 2.27. The molecule has 0 spiro atoms. The molecule has 0 aromatic heterocycles. The Bertz CT molecular complexity index is 1830. The molecule has 0 aliphatic carbocycles. The van der Waals surface area contributed by atoms with Crippen LogP contribution in [0.2, 0.25) is 0 Å². The lowest BCUT2D eigenvalue weighted by molar-refractivity contribution is 0.0257. The summed E-state index contributed by atoms with van der Waals surface area (Å²) in [5.74, 6) is 1.07. The predicted molar refractivity (Wildman–Crippen MR) is 180 cm³/mol. The lowest BCUT2D eigenvalue weighted by Gasteiger charge is -2.18. The van der Waals surface area contributed by atoms with Crippen LogP contribution in [0.4, 0.5) is 5.69 Å². The largest absolute Gasteiger partial charge is 0.507 e. The second-order valence-corrected chi connectivity index (χ2v) is 12.4. The monoisotopic (exact) mass is 626 g/mol. The number of aliphatic imine (C=N–C) groups is 1. The number of hydrogen-bond donors (Lipinski definition) is 3. The van der Waals surface area contributed by atoms with E-state index >= 15 is 0 Å². The van der Waals surface area contributed by atoms with Gasteiger partial charge in [-0.25, -0.2) is 13.1 Å². The Labute approximate surface area is 264 Å². The molecule has 1 atom stereocenters. The van der Waals surface area contributed by atoms with Crippen LogP contribution in [0.25, 0.3) is 16.8 Å². The van der Waals surface area contributed by atoms with Gasteiger partial charge >= 0.3 is 0 Å². The van der Waals surface area contributed by atoms with Crippen LogP contribution in [0.15, 0.2) is 88.8 Å². The Balaban J connectivity index is 1.44. The molecular weight excluding hydrogens is 588 g/mol. The van der Waals surface area contributed by atoms with Crippen LogP contribution in [0.5, 0.6) is 17.2 Å². The van der Waals surface area contributed by atoms with E-state index in [1.165, 1.54) is 24.6 Å². The first-order chi connectivity index (χ1) is 21.8. The Hall–Kier alpha value is -4.51. The van der Waals surface area contributed by atoms with Crippen molar-refractivity contribution in [3.63, 3.8) is 0 Å². The number of phenols is 1. The highest BCUT2D eigenvalue weighted by Crippen LogP contribution is 2.37. The van der Waals surface area contributed by atoms with E-state index in [1.807, 2.05) is 54.6 Å². The summed E-state index contributed by atoms with van der Waals surface area (Å²) in [5.41, 5.74) is 2.67. The third-order valence-corrected chi connectivity index (χ3v) is 9.25. The van der Waals surface area contributed by atoms with Crippen LogP contribution < -0.4 is 14.2 Å². The minimum absolute atomic E-state index is 0.0543. The van der Waals surface area contributed by atoms with Crippen molar-refractivity contribution in [2.24, 2.45) is 4.99 Å². The molecule has 10 heteroatoms. The van der Waals surface area contributed by atoms with Gasteiger partial charge in [-0.2, -0.15) is 0 Å². The molecule has 0 bridgehead atoms. The highest BCUT2D eigenvalue weighted by atomic mass is 32.2. The number of aromatic hydroxyl groups is 1. The van der Waals surface area contributed by atoms with E-state index in [9.17, 15) is 13.5 Å². The number of ether oxygens (including phenoxy) is 2. The number of nitrogens with one attached hydrogen (secondary N) is 2. The fourth-order valence-corrected chi connectivity index (χ4v) is 6.42. The van der Waals surface area contributed by atoms with E-state index < -0.39 is 16.3 Å². The van der Waals surface area contributed by atoms with Crippen molar-refractivity contribution in [2.75, 3.05) is 26.2 Å². The van der Waals surface area contributed by atoms with Gasteiger partial charge in [0.15, 0.2) is 0 Å². The molecule has 4 aromatic rings. The average Bonchev–Trinajstić information content (AvgIpc) is 3.47. The summed E-state index contributed by atoms with van der Waals surface area (Å²) >= 11 is 0. The zero-order valence-electron chi connectivity index (χ0n) is 25.4. The van der Waals surface area contributed by atoms with Crippen molar-refractivity contribution in [3.8, 4) is 17.2 Å². The number of fused-ring (bicyclic) bond motifs is 2. The zero-order valence-corrected chi connectivity index (χ0v) is 26.3. The molecule has 45 heavy (non-hydrogen) atoms. The van der Waals surface area contributed by atoms with Crippen molar-refractivity contribution in [3.05, 3.63) is 95.6 Å². The van der Waals surface area contributed by atoms with Gasteiger partial charge < -0.3 is 24.9 Å². The van der Waals surface area contributed by atoms with Crippen LogP contribution in [0, 0.1) is 5.41 Å². The Morgan fingerprint density at radius 1 is 1.09 bits per heavy atom. The van der Waals surface area contributed by atoms with E-state index in [0.717, 1.165) is 41.5 Å². The molecule has 0 saturated carbocycles. The first kappa shape index (κ1) is 31.9. The maximum atomic E-state index is 13.3. The molecular formula is C35H38N4O5S. The zero-order chi connectivity index (χ0) is 31.8. The fourth-order valence-electron chi connectivity index (χ4n) is 5.33. The molecule has 1 aliphatic heterocycles. The molecule has 0 radical (unpaired) electrons. The van der Waals surface area contributed by atoms with Crippen LogP contribution in [-0.4, -0.2) is 63.3 Å². The van der Waals surface area contributed by atoms with Crippen molar-refractivity contribution in [1.29, 1.82) is 5.41 Å². The van der Waals surface area contributed by atoms with Gasteiger partial charge in [0.2, 0.25) is 16.3 Å². The topological polar surface area (TPSA) is 124 Å². The molecule has 5 rings (SSSR count). The summed E-state index contributed by atoms with van der Waals surface area (Å²) in [6.07, 6.45) is 6.71. The van der Waals surface area contributed by atoms with Gasteiger partial charge in [0.05, 0.1) is 11.3 Å². The molecule has 4 aromatic carbocycles. The molecule has 3 N–H and O–H groups in total. The lowest BCUT2D eigenvalue weighted by Crippen LogP contribution is -2.30. The molecule has 1 aliphatic rings. The minimum Gasteiger partial charge on any atom is -0.507 e. The summed E-state index contributed by atoms with van der Waals surface area (Å²) in [5, 5.41) is 19.7. The third kappa shape index (κ3) is 7.59. The van der Waals surface area contributed by atoms with Crippen LogP contribution in [-0.2, 0) is 16.4 Å². The third-order valence-electron chi connectivity index (χ3n) is 7.79. The number of allylic oxidation sites excluding steroid dienone is 1. The van der Waals surface area contributed by atoms with E-state index in [-0.39, 0.29) is 16.3 Å². The first-order valence-corrected chi connectivity index (χ1v) is 16.5. The second kappa shape index (κ2) is 14.5. The van der Waals surface area contributed by atoms with Gasteiger partial charge in [0, 0.05) is 30.1 Å². The molecule has 0 unspecified atom stereocenters. The summed E-state index contributed by atoms with van der Waals surface area (Å²) in [6, 6.07) is 21.3. The fraction of sp³-hybridized carbons (Fsp3) is 0.257. The SMILES string of the molecule is CCN(CC)CCCNS(=O)(=O)c1ccc(O[C@H]2Cc3c(/C=C\C=N)cccc3O2)c(N=Cc2c(O)ccc3ccccc23)c1. The minimum atomic E-state index is -3.83.